The van der Waals surface area contributed by atoms with Gasteiger partial charge in [-0.15, -0.1) is 4.65 Å². The van der Waals surface area contributed by atoms with Gasteiger partial charge in [-0.3, -0.25) is 9.74 Å². The van der Waals surface area contributed by atoms with Crippen LogP contribution in [0, 0.1) is 11.6 Å². The summed E-state index contributed by atoms with van der Waals surface area (Å²) in [6.45, 7) is -0.0739. The topological polar surface area (TPSA) is 59.0 Å². The highest BCUT2D eigenvalue weighted by Gasteiger charge is 2.33. The van der Waals surface area contributed by atoms with Gasteiger partial charge in [-0.25, -0.2) is 13.6 Å². The molecule has 9 heteroatoms. The minimum Gasteiger partial charge on any atom is -0.489 e. The molecule has 1 amide bonds. The van der Waals surface area contributed by atoms with Crippen LogP contribution in [0.15, 0.2) is 30.3 Å². The van der Waals surface area contributed by atoms with Crippen LogP contribution >= 0.6 is 11.6 Å². The minimum atomic E-state index is -1.16. The lowest BCUT2D eigenvalue weighted by Gasteiger charge is -2.34. The van der Waals surface area contributed by atoms with Gasteiger partial charge >= 0.3 is 6.09 Å². The molecule has 0 spiro atoms. The van der Waals surface area contributed by atoms with Crippen molar-refractivity contribution < 1.29 is 32.9 Å². The smallest absolute Gasteiger partial charge is 0.466 e. The Kier molecular flexibility index (Phi) is 5.97. The molecule has 6 nitrogen and oxygen atoms in total. The fraction of sp³-hybridized carbons (Fsp3) is 0.350. The third-order valence-corrected chi connectivity index (χ3v) is 4.71. The van der Waals surface area contributed by atoms with E-state index in [-0.39, 0.29) is 28.4 Å². The summed E-state index contributed by atoms with van der Waals surface area (Å²) in [6, 6.07) is 7.09. The molecule has 29 heavy (non-hydrogen) atoms. The van der Waals surface area contributed by atoms with Crippen LogP contribution in [0.25, 0.3) is 0 Å². The number of hydrogen-bond acceptors (Lipinski definition) is 4. The molecule has 2 aromatic rings. The molecule has 1 aliphatic rings. The number of nitrogens with zero attached hydrogens (tertiary/aromatic N) is 2. The van der Waals surface area contributed by atoms with E-state index in [0.29, 0.717) is 17.7 Å². The van der Waals surface area contributed by atoms with Crippen molar-refractivity contribution in [2.75, 3.05) is 27.7 Å². The number of halogens is 3. The summed E-state index contributed by atoms with van der Waals surface area (Å²) in [5.41, 5.74) is 1.06. The average molecular weight is 428 g/mol. The summed E-state index contributed by atoms with van der Waals surface area (Å²) in [7, 11) is 5.08. The standard InChI is InChI=1S/C20H22ClF2N2O4/c1-25(2,3)29-20(27)24-9-8-12-10-13(4-5-14(12)19(24)26)28-11-15-17(22)7-6-16(21)18(15)23/h4-7,10,19,26H,8-9,11H2,1-3H3/q+1/t19-/m0/s1. The molecule has 0 saturated carbocycles. The number of quaternary nitrogens is 1. The van der Waals surface area contributed by atoms with Gasteiger partial charge in [0.05, 0.1) is 10.6 Å². The first-order valence-corrected chi connectivity index (χ1v) is 9.32. The quantitative estimate of drug-likeness (QED) is 0.458. The largest absolute Gasteiger partial charge is 0.489 e. The van der Waals surface area contributed by atoms with Gasteiger partial charge in [0.2, 0.25) is 0 Å². The van der Waals surface area contributed by atoms with E-state index in [2.05, 4.69) is 0 Å². The Hall–Kier alpha value is -2.42. The number of amides is 1. The lowest BCUT2D eigenvalue weighted by molar-refractivity contribution is -1.04. The number of carbonyl (C=O) groups is 1. The van der Waals surface area contributed by atoms with Crippen LogP contribution in [0.4, 0.5) is 13.6 Å². The second-order valence-electron chi connectivity index (χ2n) is 7.53. The number of aliphatic hydroxyl groups is 1. The summed E-state index contributed by atoms with van der Waals surface area (Å²) in [6.07, 6.45) is -1.31. The van der Waals surface area contributed by atoms with Gasteiger partial charge < -0.3 is 9.84 Å². The van der Waals surface area contributed by atoms with Gasteiger partial charge in [0.25, 0.3) is 0 Å². The zero-order valence-electron chi connectivity index (χ0n) is 16.3. The van der Waals surface area contributed by atoms with E-state index in [4.69, 9.17) is 21.2 Å². The number of hydrogen-bond donors (Lipinski definition) is 1. The van der Waals surface area contributed by atoms with E-state index < -0.39 is 24.0 Å². The Labute approximate surface area is 172 Å². The molecule has 0 radical (unpaired) electrons. The van der Waals surface area contributed by atoms with Crippen molar-refractivity contribution in [1.82, 2.24) is 4.90 Å². The Morgan fingerprint density at radius 1 is 1.28 bits per heavy atom. The van der Waals surface area contributed by atoms with Gasteiger partial charge in [-0.1, -0.05) is 17.7 Å². The van der Waals surface area contributed by atoms with E-state index >= 15 is 0 Å². The van der Waals surface area contributed by atoms with Crippen LogP contribution in [0.2, 0.25) is 5.02 Å². The zero-order valence-corrected chi connectivity index (χ0v) is 17.0. The fourth-order valence-electron chi connectivity index (χ4n) is 3.01. The molecule has 0 aliphatic carbocycles. The number of ether oxygens (including phenoxy) is 1. The second kappa shape index (κ2) is 8.14. The number of rotatable bonds is 4. The Balaban J connectivity index is 1.73. The van der Waals surface area contributed by atoms with Crippen LogP contribution < -0.4 is 4.74 Å². The van der Waals surface area contributed by atoms with Crippen molar-refractivity contribution in [2.24, 2.45) is 0 Å². The number of benzene rings is 2. The van der Waals surface area contributed by atoms with Crippen LogP contribution in [-0.4, -0.2) is 48.4 Å². The number of hydroxylamine groups is 3. The third-order valence-electron chi connectivity index (χ3n) is 4.42. The molecule has 156 valence electrons. The lowest BCUT2D eigenvalue weighted by Crippen LogP contribution is -2.46. The monoisotopic (exact) mass is 427 g/mol. The SMILES string of the molecule is C[N+](C)(C)OC(=O)N1CCc2cc(OCc3c(F)ccc(Cl)c3F)ccc2[C@@H]1O. The second-order valence-corrected chi connectivity index (χ2v) is 7.94. The molecule has 0 fully saturated rings. The van der Waals surface area contributed by atoms with Crippen molar-refractivity contribution in [3.05, 3.63) is 63.7 Å². The summed E-state index contributed by atoms with van der Waals surface area (Å²) < 4.78 is 33.3. The minimum absolute atomic E-state index is 0.0295. The average Bonchev–Trinajstić information content (AvgIpc) is 2.63. The van der Waals surface area contributed by atoms with Crippen molar-refractivity contribution in [3.8, 4) is 5.75 Å². The molecule has 0 unspecified atom stereocenters. The van der Waals surface area contributed by atoms with Crippen molar-refractivity contribution in [3.63, 3.8) is 0 Å². The van der Waals surface area contributed by atoms with Gasteiger partial charge in [-0.05, 0) is 36.2 Å². The molecule has 0 aromatic heterocycles. The predicted octanol–water partition coefficient (Wildman–Crippen LogP) is 3.80. The van der Waals surface area contributed by atoms with Gasteiger partial charge in [0, 0.05) is 12.1 Å². The first kappa shape index (κ1) is 21.3. The molecular weight excluding hydrogens is 406 g/mol. The number of fused-ring (bicyclic) bond motifs is 1. The maximum absolute atomic E-state index is 14.0. The maximum atomic E-state index is 14.0. The van der Waals surface area contributed by atoms with Crippen molar-refractivity contribution in [2.45, 2.75) is 19.3 Å². The number of aliphatic hydroxyl groups excluding tert-OH is 1. The molecule has 0 saturated heterocycles. The first-order chi connectivity index (χ1) is 13.6. The summed E-state index contributed by atoms with van der Waals surface area (Å²) in [5, 5.41) is 10.4. The summed E-state index contributed by atoms with van der Waals surface area (Å²) in [5.74, 6) is -1.21. The van der Waals surface area contributed by atoms with Crippen LogP contribution in [-0.2, 0) is 17.9 Å². The van der Waals surface area contributed by atoms with E-state index in [1.807, 2.05) is 0 Å². The molecular formula is C20H22ClF2N2O4+. The van der Waals surface area contributed by atoms with E-state index in [1.165, 1.54) is 4.90 Å². The molecule has 3 rings (SSSR count). The predicted molar refractivity (Wildman–Crippen MR) is 102 cm³/mol. The molecule has 0 bridgehead atoms. The Morgan fingerprint density at radius 3 is 2.69 bits per heavy atom. The highest BCUT2D eigenvalue weighted by molar-refractivity contribution is 6.30. The Morgan fingerprint density at radius 2 is 2.00 bits per heavy atom. The molecule has 1 atom stereocenters. The van der Waals surface area contributed by atoms with E-state index in [1.54, 1.807) is 39.3 Å². The highest BCUT2D eigenvalue weighted by atomic mass is 35.5. The summed E-state index contributed by atoms with van der Waals surface area (Å²) >= 11 is 5.69. The normalized spacial score (nSPS) is 16.4. The number of carbonyl (C=O) groups excluding carboxylic acids is 1. The molecule has 1 N–H and O–H groups in total. The lowest BCUT2D eigenvalue weighted by atomic mass is 9.98. The molecule has 1 aliphatic heterocycles. The van der Waals surface area contributed by atoms with E-state index in [9.17, 15) is 18.7 Å². The molecule has 1 heterocycles. The highest BCUT2D eigenvalue weighted by Crippen LogP contribution is 2.32. The van der Waals surface area contributed by atoms with Crippen LogP contribution in [0.1, 0.15) is 22.9 Å². The zero-order chi connectivity index (χ0) is 21.3. The van der Waals surface area contributed by atoms with Crippen molar-refractivity contribution >= 4 is 17.7 Å². The van der Waals surface area contributed by atoms with Crippen molar-refractivity contribution in [1.29, 1.82) is 0 Å². The fourth-order valence-corrected chi connectivity index (χ4v) is 3.18. The maximum Gasteiger partial charge on any atom is 0.466 e. The summed E-state index contributed by atoms with van der Waals surface area (Å²) in [4.78, 5) is 18.8. The van der Waals surface area contributed by atoms with Crippen LogP contribution in [0.5, 0.6) is 5.75 Å². The molecule has 2 aromatic carbocycles. The van der Waals surface area contributed by atoms with Crippen LogP contribution in [0.3, 0.4) is 0 Å². The van der Waals surface area contributed by atoms with Gasteiger partial charge in [0.1, 0.15) is 39.3 Å². The van der Waals surface area contributed by atoms with Gasteiger partial charge in [0.15, 0.2) is 12.0 Å². The van der Waals surface area contributed by atoms with E-state index in [0.717, 1.165) is 17.7 Å². The van der Waals surface area contributed by atoms with Gasteiger partial charge in [-0.2, -0.15) is 0 Å². The Bertz CT molecular complexity index is 933. The first-order valence-electron chi connectivity index (χ1n) is 8.94. The third kappa shape index (κ3) is 4.77.